The lowest BCUT2D eigenvalue weighted by Crippen LogP contribution is -2.35. The van der Waals surface area contributed by atoms with Crippen molar-refractivity contribution < 1.29 is 13.2 Å². The fraction of sp³-hybridized carbons (Fsp3) is 1.00. The van der Waals surface area contributed by atoms with E-state index in [9.17, 15) is 8.42 Å². The SMILES string of the molecule is CN(CCOCCS)C1CCS(=O)(=O)C1. The van der Waals surface area contributed by atoms with Crippen LogP contribution in [-0.4, -0.2) is 63.4 Å². The Hall–Kier alpha value is 0.220. The Morgan fingerprint density at radius 1 is 1.47 bits per heavy atom. The Morgan fingerprint density at radius 2 is 2.20 bits per heavy atom. The van der Waals surface area contributed by atoms with Crippen molar-refractivity contribution in [1.29, 1.82) is 0 Å². The molecule has 0 amide bonds. The number of hydrogen-bond acceptors (Lipinski definition) is 5. The molecule has 1 aliphatic rings. The van der Waals surface area contributed by atoms with Crippen LogP contribution in [0.3, 0.4) is 0 Å². The summed E-state index contributed by atoms with van der Waals surface area (Å²) in [7, 11) is -0.817. The standard InChI is InChI=1S/C9H19NO3S2/c1-10(3-4-13-5-6-14)9-2-7-15(11,12)8-9/h9,14H,2-8H2,1H3. The van der Waals surface area contributed by atoms with Gasteiger partial charge in [-0.15, -0.1) is 0 Å². The van der Waals surface area contributed by atoms with E-state index in [4.69, 9.17) is 4.74 Å². The van der Waals surface area contributed by atoms with Gasteiger partial charge in [0.25, 0.3) is 0 Å². The third-order valence-corrected chi connectivity index (χ3v) is 4.59. The molecular weight excluding hydrogens is 234 g/mol. The number of nitrogens with zero attached hydrogens (tertiary/aromatic N) is 1. The zero-order chi connectivity index (χ0) is 11.3. The molecular formula is C9H19NO3S2. The van der Waals surface area contributed by atoms with E-state index in [0.717, 1.165) is 18.7 Å². The summed E-state index contributed by atoms with van der Waals surface area (Å²) in [5.41, 5.74) is 0. The van der Waals surface area contributed by atoms with Gasteiger partial charge in [-0.1, -0.05) is 0 Å². The van der Waals surface area contributed by atoms with Crippen LogP contribution >= 0.6 is 12.6 Å². The molecule has 1 unspecified atom stereocenters. The molecule has 1 saturated heterocycles. The molecule has 15 heavy (non-hydrogen) atoms. The van der Waals surface area contributed by atoms with E-state index in [1.807, 2.05) is 7.05 Å². The van der Waals surface area contributed by atoms with E-state index in [0.29, 0.717) is 24.7 Å². The summed E-state index contributed by atoms with van der Waals surface area (Å²) >= 11 is 4.04. The molecule has 0 aromatic heterocycles. The fourth-order valence-electron chi connectivity index (χ4n) is 1.68. The molecule has 0 radical (unpaired) electrons. The van der Waals surface area contributed by atoms with Crippen molar-refractivity contribution in [3.05, 3.63) is 0 Å². The third-order valence-electron chi connectivity index (χ3n) is 2.66. The van der Waals surface area contributed by atoms with Crippen LogP contribution in [0.15, 0.2) is 0 Å². The van der Waals surface area contributed by atoms with Gasteiger partial charge in [-0.05, 0) is 13.5 Å². The van der Waals surface area contributed by atoms with Gasteiger partial charge in [0.2, 0.25) is 0 Å². The van der Waals surface area contributed by atoms with Gasteiger partial charge in [0, 0.05) is 18.3 Å². The summed E-state index contributed by atoms with van der Waals surface area (Å²) in [5.74, 6) is 1.36. The first-order valence-corrected chi connectivity index (χ1v) is 7.60. The van der Waals surface area contributed by atoms with Gasteiger partial charge in [0.05, 0.1) is 24.7 Å². The molecule has 1 rings (SSSR count). The second-order valence-electron chi connectivity index (χ2n) is 3.87. The van der Waals surface area contributed by atoms with E-state index in [1.165, 1.54) is 0 Å². The lowest BCUT2D eigenvalue weighted by Gasteiger charge is -2.22. The number of rotatable bonds is 6. The summed E-state index contributed by atoms with van der Waals surface area (Å²) in [6.45, 7) is 2.08. The highest BCUT2D eigenvalue weighted by Crippen LogP contribution is 2.15. The van der Waals surface area contributed by atoms with Crippen molar-refractivity contribution in [2.75, 3.05) is 44.1 Å². The van der Waals surface area contributed by atoms with Gasteiger partial charge < -0.3 is 9.64 Å². The Labute approximate surface area is 97.3 Å². The highest BCUT2D eigenvalue weighted by Gasteiger charge is 2.30. The zero-order valence-corrected chi connectivity index (χ0v) is 10.8. The summed E-state index contributed by atoms with van der Waals surface area (Å²) in [6, 6.07) is 0.176. The molecule has 6 heteroatoms. The predicted molar refractivity (Wildman–Crippen MR) is 64.4 cm³/mol. The summed E-state index contributed by atoms with van der Waals surface area (Å²) < 4.78 is 27.8. The molecule has 1 fully saturated rings. The van der Waals surface area contributed by atoms with Crippen LogP contribution in [0.2, 0.25) is 0 Å². The smallest absolute Gasteiger partial charge is 0.151 e. The van der Waals surface area contributed by atoms with Crippen molar-refractivity contribution in [3.8, 4) is 0 Å². The summed E-state index contributed by atoms with van der Waals surface area (Å²) in [4.78, 5) is 2.07. The van der Waals surface area contributed by atoms with Crippen LogP contribution in [-0.2, 0) is 14.6 Å². The molecule has 0 saturated carbocycles. The van der Waals surface area contributed by atoms with Gasteiger partial charge in [0.1, 0.15) is 0 Å². The van der Waals surface area contributed by atoms with Crippen molar-refractivity contribution >= 4 is 22.5 Å². The van der Waals surface area contributed by atoms with Crippen LogP contribution in [0.5, 0.6) is 0 Å². The van der Waals surface area contributed by atoms with E-state index in [1.54, 1.807) is 0 Å². The first-order valence-electron chi connectivity index (χ1n) is 5.14. The van der Waals surface area contributed by atoms with Gasteiger partial charge in [-0.3, -0.25) is 0 Å². The monoisotopic (exact) mass is 253 g/mol. The fourth-order valence-corrected chi connectivity index (χ4v) is 3.62. The average molecular weight is 253 g/mol. The quantitative estimate of drug-likeness (QED) is 0.537. The van der Waals surface area contributed by atoms with Crippen LogP contribution < -0.4 is 0 Å². The maximum Gasteiger partial charge on any atom is 0.151 e. The maximum atomic E-state index is 11.3. The predicted octanol–water partition coefficient (Wildman–Crippen LogP) is 0.0517. The second-order valence-corrected chi connectivity index (χ2v) is 6.55. The minimum Gasteiger partial charge on any atom is -0.379 e. The first-order chi connectivity index (χ1) is 7.05. The normalized spacial score (nSPS) is 24.9. The number of sulfone groups is 1. The number of likely N-dealkylation sites (N-methyl/N-ethyl adjacent to an activating group) is 1. The zero-order valence-electron chi connectivity index (χ0n) is 9.05. The summed E-state index contributed by atoms with van der Waals surface area (Å²) in [6.07, 6.45) is 0.755. The number of hydrogen-bond donors (Lipinski definition) is 1. The average Bonchev–Trinajstić information content (AvgIpc) is 2.53. The van der Waals surface area contributed by atoms with Gasteiger partial charge in [-0.2, -0.15) is 12.6 Å². The molecule has 4 nitrogen and oxygen atoms in total. The molecule has 0 bridgehead atoms. The Bertz CT molecular complexity index is 279. The molecule has 0 N–H and O–H groups in total. The Kier molecular flexibility index (Phi) is 5.38. The molecule has 0 spiro atoms. The van der Waals surface area contributed by atoms with Gasteiger partial charge in [-0.25, -0.2) is 8.42 Å². The molecule has 0 aromatic carbocycles. The van der Waals surface area contributed by atoms with Crippen LogP contribution in [0.25, 0.3) is 0 Å². The van der Waals surface area contributed by atoms with Crippen molar-refractivity contribution in [1.82, 2.24) is 4.90 Å². The van der Waals surface area contributed by atoms with E-state index in [-0.39, 0.29) is 6.04 Å². The maximum absolute atomic E-state index is 11.3. The molecule has 1 heterocycles. The van der Waals surface area contributed by atoms with Crippen LogP contribution in [0.4, 0.5) is 0 Å². The van der Waals surface area contributed by atoms with Gasteiger partial charge in [0.15, 0.2) is 9.84 Å². The van der Waals surface area contributed by atoms with Gasteiger partial charge >= 0.3 is 0 Å². The minimum atomic E-state index is -2.77. The molecule has 0 aliphatic carbocycles. The summed E-state index contributed by atoms with van der Waals surface area (Å²) in [5, 5.41) is 0. The Balaban J connectivity index is 2.21. The largest absolute Gasteiger partial charge is 0.379 e. The van der Waals surface area contributed by atoms with Crippen molar-refractivity contribution in [2.45, 2.75) is 12.5 Å². The molecule has 1 atom stereocenters. The van der Waals surface area contributed by atoms with Crippen LogP contribution in [0, 0.1) is 0 Å². The Morgan fingerprint density at radius 3 is 2.73 bits per heavy atom. The highest BCUT2D eigenvalue weighted by molar-refractivity contribution is 7.91. The third kappa shape index (κ3) is 4.72. The first kappa shape index (κ1) is 13.3. The highest BCUT2D eigenvalue weighted by atomic mass is 32.2. The van der Waals surface area contributed by atoms with Crippen molar-refractivity contribution in [2.24, 2.45) is 0 Å². The van der Waals surface area contributed by atoms with E-state index < -0.39 is 9.84 Å². The molecule has 90 valence electrons. The minimum absolute atomic E-state index is 0.176. The topological polar surface area (TPSA) is 46.6 Å². The van der Waals surface area contributed by atoms with Crippen molar-refractivity contribution in [3.63, 3.8) is 0 Å². The lowest BCUT2D eigenvalue weighted by molar-refractivity contribution is 0.113. The van der Waals surface area contributed by atoms with E-state index in [2.05, 4.69) is 17.5 Å². The molecule has 0 aromatic rings. The number of thiol groups is 1. The van der Waals surface area contributed by atoms with E-state index >= 15 is 0 Å². The van der Waals surface area contributed by atoms with Crippen LogP contribution in [0.1, 0.15) is 6.42 Å². The molecule has 1 aliphatic heterocycles. The number of ether oxygens (including phenoxy) is 1. The second kappa shape index (κ2) is 6.08. The lowest BCUT2D eigenvalue weighted by atomic mass is 10.2.